The third kappa shape index (κ3) is 4.50. The fourth-order valence-corrected chi connectivity index (χ4v) is 2.61. The zero-order valence-electron chi connectivity index (χ0n) is 15.2. The average Bonchev–Trinajstić information content (AvgIpc) is 2.71. The number of carbonyl (C=O) groups is 1. The molecule has 144 valence electrons. The maximum Gasteiger partial charge on any atom is 0.267 e. The molecular weight excluding hydrogens is 362 g/mol. The van der Waals surface area contributed by atoms with Crippen molar-refractivity contribution in [2.45, 2.75) is 13.1 Å². The molecule has 0 unspecified atom stereocenters. The molecule has 0 fully saturated rings. The summed E-state index contributed by atoms with van der Waals surface area (Å²) in [5.74, 6) is 0.223. The summed E-state index contributed by atoms with van der Waals surface area (Å²) >= 11 is 0. The van der Waals surface area contributed by atoms with Crippen LogP contribution in [0.25, 0.3) is 11.3 Å². The normalized spacial score (nSPS) is 10.5. The van der Waals surface area contributed by atoms with Crippen LogP contribution in [0.3, 0.4) is 0 Å². The maximum atomic E-state index is 12.2. The number of aromatic nitrogens is 4. The van der Waals surface area contributed by atoms with Crippen LogP contribution >= 0.6 is 0 Å². The third-order valence-corrected chi connectivity index (χ3v) is 3.97. The van der Waals surface area contributed by atoms with Crippen LogP contribution in [0.1, 0.15) is 0 Å². The van der Waals surface area contributed by atoms with E-state index < -0.39 is 11.5 Å². The first-order valence-corrected chi connectivity index (χ1v) is 8.59. The van der Waals surface area contributed by atoms with E-state index in [1.165, 1.54) is 23.0 Å². The summed E-state index contributed by atoms with van der Waals surface area (Å²) < 4.78 is 7.65. The van der Waals surface area contributed by atoms with Crippen molar-refractivity contribution in [1.82, 2.24) is 24.9 Å². The highest BCUT2D eigenvalue weighted by Crippen LogP contribution is 2.26. The maximum absolute atomic E-state index is 12.2. The summed E-state index contributed by atoms with van der Waals surface area (Å²) in [5, 5.41) is 10.8. The molecule has 2 heterocycles. The Hall–Kier alpha value is -3.75. The van der Waals surface area contributed by atoms with E-state index in [2.05, 4.69) is 15.5 Å². The van der Waals surface area contributed by atoms with Gasteiger partial charge >= 0.3 is 0 Å². The molecule has 0 spiro atoms. The smallest absolute Gasteiger partial charge is 0.267 e. The number of nitrogens with one attached hydrogen (secondary N) is 1. The second kappa shape index (κ2) is 8.76. The number of methoxy groups -OCH3 is 1. The minimum Gasteiger partial charge on any atom is -0.496 e. The SMILES string of the molecule is COc1ccccc1-c1ccc(=O)n(CC(=O)NCCn2ncccc2=O)n1. The van der Waals surface area contributed by atoms with Gasteiger partial charge in [0, 0.05) is 30.4 Å². The molecule has 1 aromatic carbocycles. The van der Waals surface area contributed by atoms with E-state index >= 15 is 0 Å². The summed E-state index contributed by atoms with van der Waals surface area (Å²) in [6.45, 7) is 0.199. The monoisotopic (exact) mass is 381 g/mol. The first-order valence-electron chi connectivity index (χ1n) is 8.59. The van der Waals surface area contributed by atoms with Gasteiger partial charge in [-0.25, -0.2) is 9.36 Å². The molecule has 0 aliphatic carbocycles. The van der Waals surface area contributed by atoms with E-state index in [1.54, 1.807) is 25.3 Å². The fraction of sp³-hybridized carbons (Fsp3) is 0.211. The molecule has 0 aliphatic rings. The number of nitrogens with zero attached hydrogens (tertiary/aromatic N) is 4. The van der Waals surface area contributed by atoms with E-state index in [0.717, 1.165) is 4.68 Å². The van der Waals surface area contributed by atoms with Crippen molar-refractivity contribution >= 4 is 5.91 Å². The summed E-state index contributed by atoms with van der Waals surface area (Å²) in [6.07, 6.45) is 1.50. The highest BCUT2D eigenvalue weighted by Gasteiger charge is 2.11. The van der Waals surface area contributed by atoms with Gasteiger partial charge in [-0.2, -0.15) is 10.2 Å². The number of para-hydroxylation sites is 1. The summed E-state index contributed by atoms with van der Waals surface area (Å²) in [5.41, 5.74) is 0.590. The van der Waals surface area contributed by atoms with Gasteiger partial charge in [-0.1, -0.05) is 12.1 Å². The van der Waals surface area contributed by atoms with Crippen molar-refractivity contribution in [2.75, 3.05) is 13.7 Å². The largest absolute Gasteiger partial charge is 0.496 e. The molecule has 2 aromatic heterocycles. The van der Waals surface area contributed by atoms with E-state index in [0.29, 0.717) is 17.0 Å². The van der Waals surface area contributed by atoms with E-state index in [1.807, 2.05) is 18.2 Å². The molecule has 0 saturated carbocycles. The number of ether oxygens (including phenoxy) is 1. The zero-order chi connectivity index (χ0) is 19.9. The molecule has 9 nitrogen and oxygen atoms in total. The molecular formula is C19H19N5O4. The second-order valence-corrected chi connectivity index (χ2v) is 5.85. The van der Waals surface area contributed by atoms with Crippen molar-refractivity contribution in [1.29, 1.82) is 0 Å². The Morgan fingerprint density at radius 1 is 1.04 bits per heavy atom. The topological polar surface area (TPSA) is 108 Å². The lowest BCUT2D eigenvalue weighted by molar-refractivity contribution is -0.121. The molecule has 3 aromatic rings. The molecule has 0 atom stereocenters. The lowest BCUT2D eigenvalue weighted by Gasteiger charge is -2.10. The summed E-state index contributed by atoms with van der Waals surface area (Å²) in [6, 6.07) is 13.2. The van der Waals surface area contributed by atoms with Crippen molar-refractivity contribution in [2.24, 2.45) is 0 Å². The van der Waals surface area contributed by atoms with Crippen LogP contribution in [0.15, 0.2) is 64.3 Å². The van der Waals surface area contributed by atoms with Gasteiger partial charge in [-0.05, 0) is 24.3 Å². The first-order chi connectivity index (χ1) is 13.6. The highest BCUT2D eigenvalue weighted by molar-refractivity contribution is 5.75. The Labute approximate surface area is 160 Å². The van der Waals surface area contributed by atoms with Crippen molar-refractivity contribution < 1.29 is 9.53 Å². The number of carbonyl (C=O) groups excluding carboxylic acids is 1. The number of rotatable bonds is 7. The summed E-state index contributed by atoms with van der Waals surface area (Å²) in [4.78, 5) is 35.8. The zero-order valence-corrected chi connectivity index (χ0v) is 15.2. The minimum atomic E-state index is -0.394. The van der Waals surface area contributed by atoms with Crippen LogP contribution in [0.2, 0.25) is 0 Å². The van der Waals surface area contributed by atoms with Gasteiger partial charge in [0.25, 0.3) is 11.1 Å². The van der Waals surface area contributed by atoms with Crippen LogP contribution < -0.4 is 21.2 Å². The second-order valence-electron chi connectivity index (χ2n) is 5.85. The lowest BCUT2D eigenvalue weighted by atomic mass is 10.1. The predicted octanol–water partition coefficient (Wildman–Crippen LogP) is 0.292. The van der Waals surface area contributed by atoms with Crippen LogP contribution in [0.4, 0.5) is 0 Å². The van der Waals surface area contributed by atoms with Crippen LogP contribution in [-0.2, 0) is 17.9 Å². The number of hydrogen-bond acceptors (Lipinski definition) is 6. The van der Waals surface area contributed by atoms with Gasteiger partial charge in [-0.15, -0.1) is 0 Å². The molecule has 0 bridgehead atoms. The van der Waals surface area contributed by atoms with Gasteiger partial charge in [0.05, 0.1) is 19.3 Å². The Morgan fingerprint density at radius 2 is 1.82 bits per heavy atom. The van der Waals surface area contributed by atoms with Crippen molar-refractivity contribution in [3.05, 3.63) is 75.4 Å². The Bertz CT molecular complexity index is 1090. The van der Waals surface area contributed by atoms with Crippen LogP contribution in [0, 0.1) is 0 Å². The van der Waals surface area contributed by atoms with Gasteiger partial charge < -0.3 is 10.1 Å². The minimum absolute atomic E-state index is 0.205. The molecule has 0 saturated heterocycles. The van der Waals surface area contributed by atoms with E-state index in [9.17, 15) is 14.4 Å². The van der Waals surface area contributed by atoms with E-state index in [-0.39, 0.29) is 25.2 Å². The third-order valence-electron chi connectivity index (χ3n) is 3.97. The van der Waals surface area contributed by atoms with Crippen LogP contribution in [0.5, 0.6) is 5.75 Å². The van der Waals surface area contributed by atoms with Gasteiger partial charge in [0.1, 0.15) is 12.3 Å². The average molecular weight is 381 g/mol. The predicted molar refractivity (Wildman–Crippen MR) is 102 cm³/mol. The van der Waals surface area contributed by atoms with Gasteiger partial charge in [0.15, 0.2) is 0 Å². The van der Waals surface area contributed by atoms with Gasteiger partial charge in [0.2, 0.25) is 5.91 Å². The van der Waals surface area contributed by atoms with Crippen LogP contribution in [-0.4, -0.2) is 39.1 Å². The number of hydrogen-bond donors (Lipinski definition) is 1. The molecule has 1 amide bonds. The van der Waals surface area contributed by atoms with Crippen molar-refractivity contribution in [3.63, 3.8) is 0 Å². The molecule has 9 heteroatoms. The standard InChI is InChI=1S/C19H19N5O4/c1-28-16-6-3-2-5-14(16)15-8-9-19(27)24(22-15)13-17(25)20-11-12-23-18(26)7-4-10-21-23/h2-10H,11-13H2,1H3,(H,20,25). The van der Waals surface area contributed by atoms with Gasteiger partial charge in [-0.3, -0.25) is 14.4 Å². The Balaban J connectivity index is 1.68. The molecule has 1 N–H and O–H groups in total. The number of benzene rings is 1. The number of amides is 1. The molecule has 28 heavy (non-hydrogen) atoms. The van der Waals surface area contributed by atoms with Crippen molar-refractivity contribution in [3.8, 4) is 17.0 Å². The fourth-order valence-electron chi connectivity index (χ4n) is 2.61. The quantitative estimate of drug-likeness (QED) is 0.630. The first kappa shape index (κ1) is 19.0. The molecule has 0 aliphatic heterocycles. The highest BCUT2D eigenvalue weighted by atomic mass is 16.5. The molecule has 3 rings (SSSR count). The Morgan fingerprint density at radius 3 is 2.61 bits per heavy atom. The summed E-state index contributed by atoms with van der Waals surface area (Å²) in [7, 11) is 1.55. The lowest BCUT2D eigenvalue weighted by Crippen LogP contribution is -2.36. The Kier molecular flexibility index (Phi) is 5.95. The van der Waals surface area contributed by atoms with E-state index in [4.69, 9.17) is 4.74 Å². The molecule has 0 radical (unpaired) electrons.